The number of aliphatic carboxylic acids is 4. The maximum absolute atomic E-state index is 11.7. The number of hydrogen-bond acceptors (Lipinski definition) is 8. The van der Waals surface area contributed by atoms with Gasteiger partial charge in [0.2, 0.25) is 10.0 Å². The van der Waals surface area contributed by atoms with Crippen LogP contribution in [0.2, 0.25) is 0 Å². The Labute approximate surface area is 215 Å². The molecule has 0 bridgehead atoms. The predicted octanol–water partition coefficient (Wildman–Crippen LogP) is 0.730. The molecule has 0 atom stereocenters. The Morgan fingerprint density at radius 3 is 1.68 bits per heavy atom. The molecule has 2 aromatic carbocycles. The number of sulfonamides is 1. The zero-order chi connectivity index (χ0) is 28.2. The summed E-state index contributed by atoms with van der Waals surface area (Å²) >= 11 is 0. The highest BCUT2D eigenvalue weighted by Gasteiger charge is 2.15. The predicted molar refractivity (Wildman–Crippen MR) is 135 cm³/mol. The molecule has 1 aromatic heterocycles. The normalized spacial score (nSPS) is 10.4. The van der Waals surface area contributed by atoms with Crippen LogP contribution >= 0.6 is 0 Å². The van der Waals surface area contributed by atoms with Gasteiger partial charge in [0.25, 0.3) is 0 Å². The van der Waals surface area contributed by atoms with Crippen LogP contribution in [0.4, 0.5) is 5.69 Å². The number of carbonyl (C=O) groups is 4. The minimum absolute atomic E-state index is 0. The van der Waals surface area contributed by atoms with Gasteiger partial charge in [-0.2, -0.15) is 0 Å². The summed E-state index contributed by atoms with van der Waals surface area (Å²) in [6, 6.07) is 12.1. The average molecular weight is 550 g/mol. The number of nitrogens with zero attached hydrogens (tertiary/aromatic N) is 1. The fraction of sp³-hybridized carbons (Fsp3) is 0. The molecule has 0 saturated carbocycles. The number of anilines is 1. The molecule has 202 valence electrons. The molecule has 0 radical (unpaired) electrons. The number of nitrogens with two attached hydrogens (primary N) is 2. The number of hydrogen-bond donors (Lipinski definition) is 6. The molecule has 0 spiro atoms. The van der Waals surface area contributed by atoms with Gasteiger partial charge in [0.05, 0.1) is 4.90 Å². The van der Waals surface area contributed by atoms with E-state index in [0.29, 0.717) is 35.6 Å². The van der Waals surface area contributed by atoms with Crippen LogP contribution in [0, 0.1) is 0 Å². The number of benzene rings is 2. The van der Waals surface area contributed by atoms with Crippen molar-refractivity contribution < 1.29 is 53.5 Å². The van der Waals surface area contributed by atoms with Crippen molar-refractivity contribution in [2.24, 2.45) is 5.14 Å². The average Bonchev–Trinajstić information content (AvgIpc) is 2.81. The van der Waals surface area contributed by atoms with Gasteiger partial charge in [0, 0.05) is 53.3 Å². The second-order valence-electron chi connectivity index (χ2n) is 6.76. The molecule has 0 amide bonds. The molecule has 15 heteroatoms. The third-order valence-corrected chi connectivity index (χ3v) is 4.97. The van der Waals surface area contributed by atoms with E-state index in [1.807, 2.05) is 24.3 Å². The number of primary sulfonamides is 1. The topological polar surface area (TPSA) is 280 Å². The Morgan fingerprint density at radius 1 is 0.737 bits per heavy atom. The Hall–Kier alpha value is -5.12. The van der Waals surface area contributed by atoms with Gasteiger partial charge in [-0.15, -0.1) is 0 Å². The van der Waals surface area contributed by atoms with Crippen molar-refractivity contribution in [3.05, 3.63) is 79.2 Å². The van der Waals surface area contributed by atoms with E-state index in [0.717, 1.165) is 16.3 Å². The zero-order valence-electron chi connectivity index (χ0n) is 19.3. The Bertz CT molecular complexity index is 1420. The van der Waals surface area contributed by atoms with Crippen molar-refractivity contribution in [3.63, 3.8) is 0 Å². The maximum Gasteiger partial charge on any atom is 0.328 e. The second-order valence-corrected chi connectivity index (χ2v) is 8.29. The number of rotatable bonds is 6. The fourth-order valence-corrected chi connectivity index (χ4v) is 3.30. The highest BCUT2D eigenvalue weighted by atomic mass is 32.2. The summed E-state index contributed by atoms with van der Waals surface area (Å²) in [5.74, 6) is -5.03. The van der Waals surface area contributed by atoms with Crippen LogP contribution in [-0.4, -0.2) is 63.2 Å². The molecule has 3 rings (SSSR count). The molecule has 0 fully saturated rings. The highest BCUT2D eigenvalue weighted by Crippen LogP contribution is 2.30. The first-order valence-corrected chi connectivity index (χ1v) is 11.3. The molecule has 0 unspecified atom stereocenters. The summed E-state index contributed by atoms with van der Waals surface area (Å²) in [5.41, 5.74) is 7.47. The minimum Gasteiger partial charge on any atom is -0.478 e. The lowest BCUT2D eigenvalue weighted by Crippen LogP contribution is -2.13. The summed E-state index contributed by atoms with van der Waals surface area (Å²) in [6.45, 7) is 0. The van der Waals surface area contributed by atoms with Crippen LogP contribution in [0.1, 0.15) is 0 Å². The fourth-order valence-electron chi connectivity index (χ4n) is 2.56. The SMILES string of the molecule is Nc1ccc(S(N)(=O)=O)c(-c2ccc3ccncc3c2)c1.O.O=C(O)/C=C/C(=O)O.O=C(O)/C=C/C(=O)O. The van der Waals surface area contributed by atoms with Gasteiger partial charge in [-0.3, -0.25) is 4.98 Å². The maximum atomic E-state index is 11.7. The number of carboxylic acids is 4. The van der Waals surface area contributed by atoms with E-state index < -0.39 is 33.9 Å². The van der Waals surface area contributed by atoms with E-state index in [1.54, 1.807) is 18.5 Å². The molecular formula is C23H23N3O11S. The van der Waals surface area contributed by atoms with Crippen molar-refractivity contribution in [1.82, 2.24) is 4.98 Å². The lowest BCUT2D eigenvalue weighted by Gasteiger charge is -2.10. The molecule has 3 aromatic rings. The molecule has 10 N–H and O–H groups in total. The van der Waals surface area contributed by atoms with Gasteiger partial charge in [-0.05, 0) is 41.3 Å². The third-order valence-electron chi connectivity index (χ3n) is 4.00. The first-order chi connectivity index (χ1) is 17.2. The minimum atomic E-state index is -3.82. The summed E-state index contributed by atoms with van der Waals surface area (Å²) in [5, 5.41) is 38.5. The summed E-state index contributed by atoms with van der Waals surface area (Å²) in [6.07, 6.45) is 5.66. The molecule has 0 aliphatic rings. The first-order valence-electron chi connectivity index (χ1n) is 9.75. The van der Waals surface area contributed by atoms with Gasteiger partial charge >= 0.3 is 23.9 Å². The molecule has 14 nitrogen and oxygen atoms in total. The Kier molecular flexibility index (Phi) is 13.1. The van der Waals surface area contributed by atoms with E-state index in [2.05, 4.69) is 4.98 Å². The van der Waals surface area contributed by atoms with E-state index >= 15 is 0 Å². The molecule has 38 heavy (non-hydrogen) atoms. The van der Waals surface area contributed by atoms with Gasteiger partial charge in [-0.25, -0.2) is 32.7 Å². The van der Waals surface area contributed by atoms with Gasteiger partial charge in [0.1, 0.15) is 0 Å². The van der Waals surface area contributed by atoms with Crippen LogP contribution in [0.3, 0.4) is 0 Å². The number of carboxylic acid groups (broad SMARTS) is 4. The highest BCUT2D eigenvalue weighted by molar-refractivity contribution is 7.89. The Morgan fingerprint density at radius 2 is 1.24 bits per heavy atom. The number of aromatic nitrogens is 1. The van der Waals surface area contributed by atoms with Crippen LogP contribution in [0.15, 0.2) is 84.1 Å². The summed E-state index contributed by atoms with van der Waals surface area (Å²) in [4.78, 5) is 42.3. The number of fused-ring (bicyclic) bond motifs is 1. The lowest BCUT2D eigenvalue weighted by atomic mass is 10.0. The smallest absolute Gasteiger partial charge is 0.328 e. The van der Waals surface area contributed by atoms with Crippen molar-refractivity contribution in [2.75, 3.05) is 5.73 Å². The molecule has 0 saturated heterocycles. The molecular weight excluding hydrogens is 526 g/mol. The van der Waals surface area contributed by atoms with Crippen molar-refractivity contribution >= 4 is 50.4 Å². The Balaban J connectivity index is 0.000000673. The van der Waals surface area contributed by atoms with E-state index in [9.17, 15) is 27.6 Å². The summed E-state index contributed by atoms with van der Waals surface area (Å²) in [7, 11) is -3.82. The van der Waals surface area contributed by atoms with E-state index in [4.69, 9.17) is 31.3 Å². The van der Waals surface area contributed by atoms with Crippen molar-refractivity contribution in [3.8, 4) is 11.1 Å². The monoisotopic (exact) mass is 549 g/mol. The number of nitrogen functional groups attached to an aromatic ring is 1. The summed E-state index contributed by atoms with van der Waals surface area (Å²) < 4.78 is 23.5. The third kappa shape index (κ3) is 12.0. The van der Waals surface area contributed by atoms with Crippen molar-refractivity contribution in [1.29, 1.82) is 0 Å². The standard InChI is InChI=1S/C15H13N3O2S.2C4H4O4.H2O/c16-13-3-4-15(21(17,19)20)14(8-13)11-2-1-10-5-6-18-9-12(10)7-11;2*5-3(6)1-2-4(7)8;/h1-9H,16H2,(H2,17,19,20);2*1-2H,(H,5,6)(H,7,8);1H2/b;2*2-1+;. The van der Waals surface area contributed by atoms with E-state index in [1.165, 1.54) is 12.1 Å². The second kappa shape index (κ2) is 15.1. The van der Waals surface area contributed by atoms with Gasteiger partial charge in [-0.1, -0.05) is 12.1 Å². The molecule has 0 aliphatic carbocycles. The first kappa shape index (κ1) is 32.9. The largest absolute Gasteiger partial charge is 0.478 e. The molecule has 1 heterocycles. The zero-order valence-corrected chi connectivity index (χ0v) is 20.1. The quantitative estimate of drug-likeness (QED) is 0.183. The number of pyridine rings is 1. The van der Waals surface area contributed by atoms with Crippen molar-refractivity contribution in [2.45, 2.75) is 4.90 Å². The van der Waals surface area contributed by atoms with Crippen LogP contribution in [0.25, 0.3) is 21.9 Å². The molecule has 0 aliphatic heterocycles. The van der Waals surface area contributed by atoms with Crippen LogP contribution in [-0.2, 0) is 29.2 Å². The van der Waals surface area contributed by atoms with Gasteiger partial charge < -0.3 is 31.6 Å². The van der Waals surface area contributed by atoms with Crippen LogP contribution in [0.5, 0.6) is 0 Å². The lowest BCUT2D eigenvalue weighted by molar-refractivity contribution is -0.134. The van der Waals surface area contributed by atoms with Crippen LogP contribution < -0.4 is 10.9 Å². The van der Waals surface area contributed by atoms with Gasteiger partial charge in [0.15, 0.2) is 0 Å². The van der Waals surface area contributed by atoms with E-state index in [-0.39, 0.29) is 10.4 Å².